The van der Waals surface area contributed by atoms with E-state index in [2.05, 4.69) is 9.55 Å². The van der Waals surface area contributed by atoms with Crippen molar-refractivity contribution in [2.24, 2.45) is 0 Å². The highest BCUT2D eigenvalue weighted by atomic mass is 32.2. The number of aryl methyl sites for hydroxylation is 1. The van der Waals surface area contributed by atoms with E-state index in [-0.39, 0.29) is 17.1 Å². The van der Waals surface area contributed by atoms with Crippen LogP contribution in [0.15, 0.2) is 94.9 Å². The van der Waals surface area contributed by atoms with Gasteiger partial charge in [0.1, 0.15) is 5.82 Å². The minimum atomic E-state index is -0.395. The van der Waals surface area contributed by atoms with Crippen molar-refractivity contribution in [3.8, 4) is 11.4 Å². The molecule has 0 fully saturated rings. The molecule has 0 N–H and O–H groups in total. The van der Waals surface area contributed by atoms with Gasteiger partial charge in [0.05, 0.1) is 22.3 Å². The number of carbonyl (C=O) groups excluding carboxylic acids is 1. The highest BCUT2D eigenvalue weighted by Crippen LogP contribution is 2.25. The first kappa shape index (κ1) is 22.8. The summed E-state index contributed by atoms with van der Waals surface area (Å²) in [6.45, 7) is 3.90. The maximum absolute atomic E-state index is 13.5. The Hall–Kier alpha value is -3.97. The Balaban J connectivity index is 1.51. The largest absolute Gasteiger partial charge is 0.318 e. The molecule has 5 rings (SSSR count). The number of Topliss-reactive ketones (excluding diaryl/α,β-unsaturated/α-hetero) is 1. The molecule has 5 aromatic rings. The van der Waals surface area contributed by atoms with Crippen molar-refractivity contribution in [2.75, 3.05) is 5.75 Å². The van der Waals surface area contributed by atoms with Crippen LogP contribution in [0.3, 0.4) is 0 Å². The van der Waals surface area contributed by atoms with E-state index in [0.29, 0.717) is 27.3 Å². The van der Waals surface area contributed by atoms with Crippen molar-refractivity contribution < 1.29 is 9.18 Å². The minimum Gasteiger partial charge on any atom is -0.318 e. The van der Waals surface area contributed by atoms with Crippen LogP contribution in [0.4, 0.5) is 4.39 Å². The lowest BCUT2D eigenvalue weighted by molar-refractivity contribution is 0.102. The Kier molecular flexibility index (Phi) is 6.09. The second-order valence-corrected chi connectivity index (χ2v) is 9.14. The molecule has 7 heteroatoms. The molecule has 0 saturated heterocycles. The van der Waals surface area contributed by atoms with Gasteiger partial charge in [-0.1, -0.05) is 42.1 Å². The van der Waals surface area contributed by atoms with Crippen molar-refractivity contribution in [2.45, 2.75) is 19.0 Å². The molecule has 2 heterocycles. The Bertz CT molecular complexity index is 1610. The molecule has 35 heavy (non-hydrogen) atoms. The topological polar surface area (TPSA) is 56.9 Å². The Morgan fingerprint density at radius 3 is 2.29 bits per heavy atom. The monoisotopic (exact) mass is 483 g/mol. The maximum Gasteiger partial charge on any atom is 0.266 e. The molecule has 174 valence electrons. The van der Waals surface area contributed by atoms with E-state index in [9.17, 15) is 14.0 Å². The number of nitrogens with zero attached hydrogens (tertiary/aromatic N) is 3. The van der Waals surface area contributed by atoms with Crippen LogP contribution in [-0.4, -0.2) is 25.7 Å². The van der Waals surface area contributed by atoms with Gasteiger partial charge in [-0.3, -0.25) is 14.2 Å². The van der Waals surface area contributed by atoms with Crippen LogP contribution in [0.1, 0.15) is 21.7 Å². The normalized spacial score (nSPS) is 11.2. The van der Waals surface area contributed by atoms with Crippen LogP contribution in [0.5, 0.6) is 0 Å². The van der Waals surface area contributed by atoms with E-state index >= 15 is 0 Å². The fraction of sp³-hybridized carbons (Fsp3) is 0.107. The molecule has 0 aliphatic heterocycles. The van der Waals surface area contributed by atoms with Gasteiger partial charge in [0.15, 0.2) is 10.9 Å². The molecule has 0 atom stereocenters. The van der Waals surface area contributed by atoms with E-state index < -0.39 is 5.82 Å². The first-order valence-electron chi connectivity index (χ1n) is 11.1. The molecular formula is C28H22FN3O2S. The Morgan fingerprint density at radius 2 is 1.54 bits per heavy atom. The highest BCUT2D eigenvalue weighted by molar-refractivity contribution is 7.99. The van der Waals surface area contributed by atoms with Crippen LogP contribution in [0.25, 0.3) is 22.3 Å². The highest BCUT2D eigenvalue weighted by Gasteiger charge is 2.19. The fourth-order valence-corrected chi connectivity index (χ4v) is 5.15. The van der Waals surface area contributed by atoms with Crippen molar-refractivity contribution in [1.29, 1.82) is 0 Å². The quantitative estimate of drug-likeness (QED) is 0.171. The zero-order valence-electron chi connectivity index (χ0n) is 19.2. The van der Waals surface area contributed by atoms with Crippen molar-refractivity contribution in [3.63, 3.8) is 0 Å². The van der Waals surface area contributed by atoms with Gasteiger partial charge in [-0.25, -0.2) is 9.37 Å². The third-order valence-electron chi connectivity index (χ3n) is 5.91. The number of fused-ring (bicyclic) bond motifs is 1. The Labute approximate surface area is 205 Å². The molecule has 2 aromatic heterocycles. The summed E-state index contributed by atoms with van der Waals surface area (Å²) >= 11 is 1.20. The van der Waals surface area contributed by atoms with Gasteiger partial charge in [0.25, 0.3) is 5.56 Å². The minimum absolute atomic E-state index is 0.0571. The summed E-state index contributed by atoms with van der Waals surface area (Å²) in [5, 5.41) is 0.837. The van der Waals surface area contributed by atoms with Gasteiger partial charge in [0.2, 0.25) is 0 Å². The molecule has 0 aliphatic carbocycles. The molecule has 0 unspecified atom stereocenters. The maximum atomic E-state index is 13.5. The second-order valence-electron chi connectivity index (χ2n) is 8.20. The van der Waals surface area contributed by atoms with Gasteiger partial charge < -0.3 is 4.57 Å². The first-order chi connectivity index (χ1) is 16.9. The zero-order chi connectivity index (χ0) is 24.5. The number of rotatable bonds is 6. The lowest BCUT2D eigenvalue weighted by atomic mass is 10.2. The summed E-state index contributed by atoms with van der Waals surface area (Å²) in [5.41, 5.74) is 4.24. The van der Waals surface area contributed by atoms with E-state index in [4.69, 9.17) is 0 Å². The van der Waals surface area contributed by atoms with Gasteiger partial charge in [-0.2, -0.15) is 0 Å². The standard InChI is InChI=1S/C28H22FN3O2S/c1-18-16-24(19(2)31(18)21-8-4-3-5-9-21)26(33)17-35-28-30-25-11-7-6-10-23(25)27(34)32(28)22-14-12-20(29)13-15-22/h3-16H,17H2,1-2H3. The number of hydrogen-bond acceptors (Lipinski definition) is 4. The molecular weight excluding hydrogens is 461 g/mol. The molecule has 0 saturated carbocycles. The molecule has 0 spiro atoms. The molecule has 5 nitrogen and oxygen atoms in total. The van der Waals surface area contributed by atoms with Crippen LogP contribution < -0.4 is 5.56 Å². The Morgan fingerprint density at radius 1 is 0.886 bits per heavy atom. The smallest absolute Gasteiger partial charge is 0.266 e. The number of carbonyl (C=O) groups is 1. The van der Waals surface area contributed by atoms with Crippen molar-refractivity contribution in [1.82, 2.24) is 14.1 Å². The van der Waals surface area contributed by atoms with E-state index in [1.807, 2.05) is 56.3 Å². The lowest BCUT2D eigenvalue weighted by Crippen LogP contribution is -2.22. The van der Waals surface area contributed by atoms with Crippen LogP contribution in [0, 0.1) is 19.7 Å². The van der Waals surface area contributed by atoms with E-state index in [0.717, 1.165) is 17.1 Å². The summed E-state index contributed by atoms with van der Waals surface area (Å²) in [7, 11) is 0. The van der Waals surface area contributed by atoms with Crippen LogP contribution >= 0.6 is 11.8 Å². The second kappa shape index (κ2) is 9.35. The average molecular weight is 484 g/mol. The number of aromatic nitrogens is 3. The number of para-hydroxylation sites is 2. The van der Waals surface area contributed by atoms with Gasteiger partial charge in [0, 0.05) is 22.6 Å². The SMILES string of the molecule is Cc1cc(C(=O)CSc2nc3ccccc3c(=O)n2-c2ccc(F)cc2)c(C)n1-c1ccccc1. The molecule has 0 aliphatic rings. The third-order valence-corrected chi connectivity index (χ3v) is 6.85. The van der Waals surface area contributed by atoms with E-state index in [1.165, 1.54) is 40.6 Å². The molecule has 0 amide bonds. The molecule has 3 aromatic carbocycles. The van der Waals surface area contributed by atoms with E-state index in [1.54, 1.807) is 18.2 Å². The molecule has 0 radical (unpaired) electrons. The van der Waals surface area contributed by atoms with Crippen LogP contribution in [0.2, 0.25) is 0 Å². The summed E-state index contributed by atoms with van der Waals surface area (Å²) in [4.78, 5) is 31.3. The summed E-state index contributed by atoms with van der Waals surface area (Å²) in [6.07, 6.45) is 0. The predicted octanol–water partition coefficient (Wildman–Crippen LogP) is 5.91. The van der Waals surface area contributed by atoms with Crippen molar-refractivity contribution >= 4 is 28.4 Å². The van der Waals surface area contributed by atoms with Crippen LogP contribution in [-0.2, 0) is 0 Å². The van der Waals surface area contributed by atoms with Gasteiger partial charge in [-0.15, -0.1) is 0 Å². The average Bonchev–Trinajstić information content (AvgIpc) is 3.17. The van der Waals surface area contributed by atoms with Crippen molar-refractivity contribution in [3.05, 3.63) is 118 Å². The van der Waals surface area contributed by atoms with Gasteiger partial charge >= 0.3 is 0 Å². The number of thioether (sulfide) groups is 1. The third kappa shape index (κ3) is 4.31. The summed E-state index contributed by atoms with van der Waals surface area (Å²) < 4.78 is 17.0. The zero-order valence-corrected chi connectivity index (χ0v) is 20.1. The summed E-state index contributed by atoms with van der Waals surface area (Å²) in [6, 6.07) is 24.5. The molecule has 0 bridgehead atoms. The van der Waals surface area contributed by atoms with Gasteiger partial charge in [-0.05, 0) is 68.4 Å². The predicted molar refractivity (Wildman–Crippen MR) is 138 cm³/mol. The first-order valence-corrected chi connectivity index (χ1v) is 12.1. The fourth-order valence-electron chi connectivity index (χ4n) is 4.25. The number of hydrogen-bond donors (Lipinski definition) is 0. The summed E-state index contributed by atoms with van der Waals surface area (Å²) in [5.74, 6) is -0.350. The number of benzene rings is 3. The number of ketones is 1. The lowest BCUT2D eigenvalue weighted by Gasteiger charge is -2.13. The number of halogens is 1.